The van der Waals surface area contributed by atoms with Gasteiger partial charge in [0, 0.05) is 10.6 Å². The molecular formula is C28H21ClN2O2S. The van der Waals surface area contributed by atoms with E-state index in [1.807, 2.05) is 59.2 Å². The molecule has 2 aliphatic rings. The third-order valence-corrected chi connectivity index (χ3v) is 7.68. The number of fused-ring (bicyclic) bond motifs is 3. The molecule has 4 nitrogen and oxygen atoms in total. The van der Waals surface area contributed by atoms with E-state index in [1.54, 1.807) is 7.11 Å². The molecule has 0 amide bonds. The number of thiazole rings is 1. The predicted molar refractivity (Wildman–Crippen MR) is 137 cm³/mol. The standard InChI is InChI=1S/C28H21ClN2O2S/c1-33-21-13-8-19(9-14-21)26-25-22-5-3-2-4-18(22)10-15-23(25)30-28-31(26)27(32)24(34-28)16-17-6-11-20(29)12-7-17/h2-9,11-14,16,26H,10,15H2,1H3/b24-16-. The summed E-state index contributed by atoms with van der Waals surface area (Å²) in [6.45, 7) is 0. The van der Waals surface area contributed by atoms with E-state index in [-0.39, 0.29) is 11.6 Å². The van der Waals surface area contributed by atoms with Gasteiger partial charge in [-0.2, -0.15) is 0 Å². The minimum Gasteiger partial charge on any atom is -0.497 e. The van der Waals surface area contributed by atoms with Crippen LogP contribution < -0.4 is 19.6 Å². The quantitative estimate of drug-likeness (QED) is 0.411. The Kier molecular flexibility index (Phi) is 5.24. The molecule has 3 aromatic carbocycles. The Hall–Kier alpha value is -3.41. The van der Waals surface area contributed by atoms with E-state index in [0.29, 0.717) is 9.55 Å². The highest BCUT2D eigenvalue weighted by Gasteiger charge is 2.33. The van der Waals surface area contributed by atoms with Crippen LogP contribution >= 0.6 is 22.9 Å². The zero-order chi connectivity index (χ0) is 23.2. The van der Waals surface area contributed by atoms with Crippen LogP contribution in [0.5, 0.6) is 5.75 Å². The maximum Gasteiger partial charge on any atom is 0.271 e. The zero-order valence-corrected chi connectivity index (χ0v) is 20.1. The lowest BCUT2D eigenvalue weighted by molar-refractivity contribution is 0.414. The molecule has 0 saturated heterocycles. The minimum atomic E-state index is -0.244. The van der Waals surface area contributed by atoms with Crippen LogP contribution in [0.25, 0.3) is 11.6 Å². The number of allylic oxidation sites excluding steroid dienone is 2. The van der Waals surface area contributed by atoms with Crippen LogP contribution in [0.15, 0.2) is 88.3 Å². The van der Waals surface area contributed by atoms with Gasteiger partial charge in [0.2, 0.25) is 0 Å². The molecule has 0 spiro atoms. The summed E-state index contributed by atoms with van der Waals surface area (Å²) >= 11 is 7.48. The van der Waals surface area contributed by atoms with Crippen molar-refractivity contribution in [3.8, 4) is 5.75 Å². The van der Waals surface area contributed by atoms with Crippen molar-refractivity contribution in [1.29, 1.82) is 0 Å². The van der Waals surface area contributed by atoms with Crippen molar-refractivity contribution in [3.05, 3.63) is 125 Å². The fraction of sp³-hybridized carbons (Fsp3) is 0.143. The Morgan fingerprint density at radius 2 is 1.79 bits per heavy atom. The van der Waals surface area contributed by atoms with Crippen molar-refractivity contribution < 1.29 is 4.74 Å². The van der Waals surface area contributed by atoms with Crippen LogP contribution in [-0.4, -0.2) is 11.7 Å². The molecule has 6 heteroatoms. The molecule has 168 valence electrons. The summed E-state index contributed by atoms with van der Waals surface area (Å²) in [4.78, 5) is 19.5. The average Bonchev–Trinajstić information content (AvgIpc) is 3.18. The van der Waals surface area contributed by atoms with Gasteiger partial charge in [0.25, 0.3) is 5.56 Å². The highest BCUT2D eigenvalue weighted by Crippen LogP contribution is 2.42. The summed E-state index contributed by atoms with van der Waals surface area (Å²) < 4.78 is 7.90. The Morgan fingerprint density at radius 1 is 1.03 bits per heavy atom. The van der Waals surface area contributed by atoms with Gasteiger partial charge >= 0.3 is 0 Å². The third kappa shape index (κ3) is 3.52. The molecule has 1 aliphatic heterocycles. The fourth-order valence-electron chi connectivity index (χ4n) is 4.81. The molecule has 4 aromatic rings. The van der Waals surface area contributed by atoms with Gasteiger partial charge in [0.1, 0.15) is 5.75 Å². The number of hydrogen-bond acceptors (Lipinski definition) is 4. The van der Waals surface area contributed by atoms with Crippen LogP contribution in [-0.2, 0) is 6.42 Å². The molecule has 34 heavy (non-hydrogen) atoms. The smallest absolute Gasteiger partial charge is 0.271 e. The lowest BCUT2D eigenvalue weighted by Gasteiger charge is -2.31. The Balaban J connectivity index is 1.60. The topological polar surface area (TPSA) is 43.6 Å². The van der Waals surface area contributed by atoms with Crippen LogP contribution in [0.3, 0.4) is 0 Å². The molecular weight excluding hydrogens is 464 g/mol. The largest absolute Gasteiger partial charge is 0.497 e. The maximum atomic E-state index is 13.8. The van der Waals surface area contributed by atoms with Crippen LogP contribution in [0.1, 0.15) is 34.7 Å². The normalized spacial score (nSPS) is 17.0. The summed E-state index contributed by atoms with van der Waals surface area (Å²) in [5, 5.41) is 0.671. The molecule has 1 aliphatic carbocycles. The zero-order valence-electron chi connectivity index (χ0n) is 18.5. The average molecular weight is 485 g/mol. The number of halogens is 1. The second-order valence-electron chi connectivity index (χ2n) is 8.42. The predicted octanol–water partition coefficient (Wildman–Crippen LogP) is 4.98. The Morgan fingerprint density at radius 3 is 2.56 bits per heavy atom. The SMILES string of the molecule is COc1ccc(C2C3=C(CCc4ccccc43)N=c3s/c(=C\c4ccc(Cl)cc4)c(=O)n32)cc1. The number of rotatable bonds is 3. The van der Waals surface area contributed by atoms with Crippen molar-refractivity contribution in [2.75, 3.05) is 7.11 Å². The second-order valence-corrected chi connectivity index (χ2v) is 9.87. The molecule has 0 saturated carbocycles. The van der Waals surface area contributed by atoms with E-state index in [1.165, 1.54) is 22.5 Å². The number of nitrogens with zero attached hydrogens (tertiary/aromatic N) is 2. The summed E-state index contributed by atoms with van der Waals surface area (Å²) in [5.41, 5.74) is 6.61. The third-order valence-electron chi connectivity index (χ3n) is 6.45. The van der Waals surface area contributed by atoms with Crippen LogP contribution in [0.2, 0.25) is 5.02 Å². The first kappa shape index (κ1) is 21.1. The number of hydrogen-bond donors (Lipinski definition) is 0. The van der Waals surface area contributed by atoms with Gasteiger partial charge in [-0.3, -0.25) is 9.36 Å². The molecule has 1 aromatic heterocycles. The van der Waals surface area contributed by atoms with E-state index in [0.717, 1.165) is 45.8 Å². The lowest BCUT2D eigenvalue weighted by Crippen LogP contribution is -2.38. The summed E-state index contributed by atoms with van der Waals surface area (Å²) in [6.07, 6.45) is 3.73. The number of aromatic nitrogens is 1. The number of benzene rings is 3. The highest BCUT2D eigenvalue weighted by atomic mass is 35.5. The van der Waals surface area contributed by atoms with Crippen LogP contribution in [0.4, 0.5) is 0 Å². The number of ether oxygens (including phenoxy) is 1. The highest BCUT2D eigenvalue weighted by molar-refractivity contribution is 7.07. The van der Waals surface area contributed by atoms with E-state index in [9.17, 15) is 4.79 Å². The van der Waals surface area contributed by atoms with Gasteiger partial charge in [0.05, 0.1) is 23.4 Å². The summed E-state index contributed by atoms with van der Waals surface area (Å²) in [7, 11) is 1.66. The van der Waals surface area contributed by atoms with E-state index >= 15 is 0 Å². The van der Waals surface area contributed by atoms with Crippen molar-refractivity contribution in [2.45, 2.75) is 18.9 Å². The van der Waals surface area contributed by atoms with Gasteiger partial charge < -0.3 is 4.74 Å². The maximum absolute atomic E-state index is 13.8. The molecule has 0 fully saturated rings. The van der Waals surface area contributed by atoms with Gasteiger partial charge in [-0.1, -0.05) is 71.5 Å². The van der Waals surface area contributed by atoms with E-state index < -0.39 is 0 Å². The monoisotopic (exact) mass is 484 g/mol. The second kappa shape index (κ2) is 8.42. The number of methoxy groups -OCH3 is 1. The van der Waals surface area contributed by atoms with Crippen molar-refractivity contribution in [1.82, 2.24) is 4.57 Å². The first-order chi connectivity index (χ1) is 16.6. The molecule has 1 atom stereocenters. The van der Waals surface area contributed by atoms with Crippen molar-refractivity contribution in [3.63, 3.8) is 0 Å². The fourth-order valence-corrected chi connectivity index (χ4v) is 5.96. The number of aryl methyl sites for hydroxylation is 1. The molecule has 2 heterocycles. The summed E-state index contributed by atoms with van der Waals surface area (Å²) in [6, 6.07) is 23.7. The molecule has 0 radical (unpaired) electrons. The van der Waals surface area contributed by atoms with Gasteiger partial charge in [-0.15, -0.1) is 0 Å². The Labute approximate surface area is 205 Å². The first-order valence-electron chi connectivity index (χ1n) is 11.1. The molecule has 6 rings (SSSR count). The molecule has 0 N–H and O–H groups in total. The summed E-state index contributed by atoms with van der Waals surface area (Å²) in [5.74, 6) is 0.789. The van der Waals surface area contributed by atoms with Gasteiger partial charge in [0.15, 0.2) is 4.80 Å². The van der Waals surface area contributed by atoms with Crippen molar-refractivity contribution in [2.24, 2.45) is 4.99 Å². The van der Waals surface area contributed by atoms with E-state index in [4.69, 9.17) is 21.3 Å². The first-order valence-corrected chi connectivity index (χ1v) is 12.3. The van der Waals surface area contributed by atoms with Gasteiger partial charge in [-0.05, 0) is 65.4 Å². The van der Waals surface area contributed by atoms with Crippen molar-refractivity contribution >= 4 is 34.6 Å². The van der Waals surface area contributed by atoms with E-state index in [2.05, 4.69) is 24.3 Å². The lowest BCUT2D eigenvalue weighted by atomic mass is 9.82. The van der Waals surface area contributed by atoms with Gasteiger partial charge in [-0.25, -0.2) is 4.99 Å². The molecule has 1 unspecified atom stereocenters. The minimum absolute atomic E-state index is 0.0332. The van der Waals surface area contributed by atoms with Crippen LogP contribution in [0, 0.1) is 0 Å². The Bertz CT molecular complexity index is 1610. The molecule has 0 bridgehead atoms.